The van der Waals surface area contributed by atoms with Gasteiger partial charge in [-0.3, -0.25) is 4.89 Å². The van der Waals surface area contributed by atoms with Gasteiger partial charge in [-0.25, -0.2) is 4.79 Å². The van der Waals surface area contributed by atoms with Gasteiger partial charge in [0.2, 0.25) is 0 Å². The smallest absolute Gasteiger partial charge is 0.365 e. The first kappa shape index (κ1) is 12.1. The molecular formula is C11H12O5. The number of hydrogen-bond acceptors (Lipinski definition) is 5. The number of benzene rings is 1. The zero-order valence-electron chi connectivity index (χ0n) is 8.97. The van der Waals surface area contributed by atoms with Crippen LogP contribution in [0.1, 0.15) is 5.56 Å². The Morgan fingerprint density at radius 2 is 2.12 bits per heavy atom. The number of carbonyl (C=O) groups excluding carboxylic acids is 1. The van der Waals surface area contributed by atoms with Crippen LogP contribution in [0.4, 0.5) is 0 Å². The molecule has 0 unspecified atom stereocenters. The van der Waals surface area contributed by atoms with E-state index in [2.05, 4.69) is 9.78 Å². The molecular weight excluding hydrogens is 212 g/mol. The van der Waals surface area contributed by atoms with Crippen molar-refractivity contribution in [1.29, 1.82) is 0 Å². The number of phenols is 1. The molecule has 0 radical (unpaired) electrons. The minimum absolute atomic E-state index is 0.0912. The van der Waals surface area contributed by atoms with Crippen LogP contribution in [0, 0.1) is 0 Å². The van der Waals surface area contributed by atoms with Crippen molar-refractivity contribution in [2.45, 2.75) is 0 Å². The molecule has 0 aliphatic carbocycles. The summed E-state index contributed by atoms with van der Waals surface area (Å²) < 4.78 is 5.02. The number of rotatable bonds is 4. The van der Waals surface area contributed by atoms with E-state index in [1.807, 2.05) is 0 Å². The van der Waals surface area contributed by atoms with Crippen molar-refractivity contribution < 1.29 is 24.4 Å². The first-order chi connectivity index (χ1) is 7.67. The maximum Gasteiger partial charge on any atom is 0.365 e. The Morgan fingerprint density at radius 1 is 1.38 bits per heavy atom. The average molecular weight is 224 g/mol. The van der Waals surface area contributed by atoms with Gasteiger partial charge in [0, 0.05) is 17.7 Å². The molecule has 1 N–H and O–H groups in total. The number of methoxy groups -OCH3 is 1. The molecule has 0 fully saturated rings. The van der Waals surface area contributed by atoms with Crippen LogP contribution in [-0.4, -0.2) is 25.3 Å². The zero-order valence-corrected chi connectivity index (χ0v) is 8.97. The molecule has 16 heavy (non-hydrogen) atoms. The predicted octanol–water partition coefficient (Wildman–Crippen LogP) is 1.52. The molecule has 86 valence electrons. The van der Waals surface area contributed by atoms with Crippen molar-refractivity contribution in [2.24, 2.45) is 0 Å². The molecule has 1 aromatic carbocycles. The van der Waals surface area contributed by atoms with Gasteiger partial charge in [0.15, 0.2) is 0 Å². The molecule has 5 nitrogen and oxygen atoms in total. The van der Waals surface area contributed by atoms with Gasteiger partial charge in [0.1, 0.15) is 11.5 Å². The summed E-state index contributed by atoms with van der Waals surface area (Å²) in [5.74, 6) is -0.0763. The monoisotopic (exact) mass is 224 g/mol. The molecule has 0 heterocycles. The van der Waals surface area contributed by atoms with Gasteiger partial charge in [-0.1, -0.05) is 0 Å². The highest BCUT2D eigenvalue weighted by Gasteiger charge is 2.02. The third kappa shape index (κ3) is 3.29. The van der Waals surface area contributed by atoms with E-state index in [0.717, 1.165) is 0 Å². The van der Waals surface area contributed by atoms with Gasteiger partial charge >= 0.3 is 5.97 Å². The summed E-state index contributed by atoms with van der Waals surface area (Å²) in [5, 5.41) is 9.21. The SMILES string of the molecule is COOC(=O)C=Cc1ccc(O)cc1OC. The summed E-state index contributed by atoms with van der Waals surface area (Å²) in [7, 11) is 2.71. The van der Waals surface area contributed by atoms with E-state index in [-0.39, 0.29) is 5.75 Å². The standard InChI is InChI=1S/C11H12O5/c1-14-10-7-9(12)5-3-8(10)4-6-11(13)16-15-2/h3-7,12H,1-2H3. The van der Waals surface area contributed by atoms with E-state index in [1.54, 1.807) is 6.07 Å². The molecule has 0 saturated heterocycles. The van der Waals surface area contributed by atoms with Crippen molar-refractivity contribution in [3.05, 3.63) is 29.8 Å². The summed E-state index contributed by atoms with van der Waals surface area (Å²) in [6.07, 6.45) is 2.69. The van der Waals surface area contributed by atoms with E-state index in [9.17, 15) is 9.90 Å². The first-order valence-electron chi connectivity index (χ1n) is 4.47. The highest BCUT2D eigenvalue weighted by atomic mass is 17.2. The Kier molecular flexibility index (Phi) is 4.35. The summed E-state index contributed by atoms with van der Waals surface area (Å²) in [5.41, 5.74) is 0.647. The molecule has 0 saturated carbocycles. The Bertz CT molecular complexity index is 397. The lowest BCUT2D eigenvalue weighted by molar-refractivity contribution is -0.249. The van der Waals surface area contributed by atoms with Crippen LogP contribution in [0.2, 0.25) is 0 Å². The number of ether oxygens (including phenoxy) is 1. The summed E-state index contributed by atoms with van der Waals surface area (Å²) in [6, 6.07) is 4.55. The van der Waals surface area contributed by atoms with Gasteiger partial charge in [0.05, 0.1) is 14.2 Å². The van der Waals surface area contributed by atoms with Crippen LogP contribution >= 0.6 is 0 Å². The first-order valence-corrected chi connectivity index (χ1v) is 4.47. The van der Waals surface area contributed by atoms with Crippen LogP contribution in [-0.2, 0) is 14.6 Å². The molecule has 5 heteroatoms. The lowest BCUT2D eigenvalue weighted by atomic mass is 10.2. The van der Waals surface area contributed by atoms with Crippen LogP contribution in [0.15, 0.2) is 24.3 Å². The fourth-order valence-electron chi connectivity index (χ4n) is 1.11. The molecule has 0 atom stereocenters. The van der Waals surface area contributed by atoms with E-state index in [1.165, 1.54) is 38.5 Å². The lowest BCUT2D eigenvalue weighted by Gasteiger charge is -2.04. The Labute approximate surface area is 92.8 Å². The van der Waals surface area contributed by atoms with Crippen LogP contribution in [0.3, 0.4) is 0 Å². The molecule has 1 aromatic rings. The highest BCUT2D eigenvalue weighted by Crippen LogP contribution is 2.24. The summed E-state index contributed by atoms with van der Waals surface area (Å²) in [4.78, 5) is 19.4. The molecule has 1 rings (SSSR count). The van der Waals surface area contributed by atoms with E-state index < -0.39 is 5.97 Å². The number of aromatic hydroxyl groups is 1. The van der Waals surface area contributed by atoms with E-state index in [4.69, 9.17) is 4.74 Å². The van der Waals surface area contributed by atoms with Crippen molar-refractivity contribution in [1.82, 2.24) is 0 Å². The van der Waals surface area contributed by atoms with Crippen LogP contribution < -0.4 is 4.74 Å². The molecule has 0 aliphatic rings. The van der Waals surface area contributed by atoms with Crippen molar-refractivity contribution >= 4 is 12.0 Å². The second-order valence-corrected chi connectivity index (χ2v) is 2.83. The van der Waals surface area contributed by atoms with Crippen molar-refractivity contribution in [3.8, 4) is 11.5 Å². The van der Waals surface area contributed by atoms with Crippen molar-refractivity contribution in [3.63, 3.8) is 0 Å². The topological polar surface area (TPSA) is 65.0 Å². The van der Waals surface area contributed by atoms with Crippen LogP contribution in [0.5, 0.6) is 11.5 Å². The van der Waals surface area contributed by atoms with E-state index >= 15 is 0 Å². The molecule has 0 aromatic heterocycles. The maximum absolute atomic E-state index is 11.0. The van der Waals surface area contributed by atoms with Gasteiger partial charge in [-0.2, -0.15) is 4.89 Å². The summed E-state index contributed by atoms with van der Waals surface area (Å²) >= 11 is 0. The fourth-order valence-corrected chi connectivity index (χ4v) is 1.11. The largest absolute Gasteiger partial charge is 0.508 e. The second-order valence-electron chi connectivity index (χ2n) is 2.83. The Hall–Kier alpha value is -2.01. The Balaban J connectivity index is 2.84. The number of carbonyl (C=O) groups is 1. The number of phenolic OH excluding ortho intramolecular Hbond substituents is 1. The fraction of sp³-hybridized carbons (Fsp3) is 0.182. The average Bonchev–Trinajstić information content (AvgIpc) is 2.27. The van der Waals surface area contributed by atoms with Crippen LogP contribution in [0.25, 0.3) is 6.08 Å². The van der Waals surface area contributed by atoms with Gasteiger partial charge in [-0.15, -0.1) is 0 Å². The molecule has 0 amide bonds. The molecule has 0 bridgehead atoms. The third-order valence-electron chi connectivity index (χ3n) is 1.78. The highest BCUT2D eigenvalue weighted by molar-refractivity contribution is 5.87. The van der Waals surface area contributed by atoms with Gasteiger partial charge in [-0.05, 0) is 18.2 Å². The minimum Gasteiger partial charge on any atom is -0.508 e. The zero-order chi connectivity index (χ0) is 12.0. The lowest BCUT2D eigenvalue weighted by Crippen LogP contribution is -1.98. The number of hydrogen-bond donors (Lipinski definition) is 1. The summed E-state index contributed by atoms with van der Waals surface area (Å²) in [6.45, 7) is 0. The molecule has 0 aliphatic heterocycles. The van der Waals surface area contributed by atoms with Crippen molar-refractivity contribution in [2.75, 3.05) is 14.2 Å². The Morgan fingerprint density at radius 3 is 2.75 bits per heavy atom. The molecule has 0 spiro atoms. The second kappa shape index (κ2) is 5.77. The maximum atomic E-state index is 11.0. The minimum atomic E-state index is -0.627. The normalized spacial score (nSPS) is 10.4. The quantitative estimate of drug-likeness (QED) is 0.477. The predicted molar refractivity (Wildman–Crippen MR) is 56.8 cm³/mol. The van der Waals surface area contributed by atoms with Gasteiger partial charge in [0.25, 0.3) is 0 Å². The third-order valence-corrected chi connectivity index (χ3v) is 1.78. The van der Waals surface area contributed by atoms with E-state index in [0.29, 0.717) is 11.3 Å². The van der Waals surface area contributed by atoms with Gasteiger partial charge < -0.3 is 9.84 Å².